The Morgan fingerprint density at radius 1 is 1.31 bits per heavy atom. The Balaban J connectivity index is 2.45. The Kier molecular flexibility index (Phi) is 3.65. The van der Waals surface area contributed by atoms with Crippen molar-refractivity contribution < 1.29 is 4.39 Å². The van der Waals surface area contributed by atoms with Gasteiger partial charge < -0.3 is 5.32 Å². The monoisotopic (exact) mass is 285 g/mol. The maximum absolute atomic E-state index is 14.2. The molecule has 1 N–H and O–H groups in total. The minimum Gasteiger partial charge on any atom is -0.317 e. The SMILES string of the molecule is Cc1cc(Br)c(C)c(C2CCNCC2)c1F. The number of aryl methyl sites for hydroxylation is 1. The first-order valence-corrected chi connectivity index (χ1v) is 6.56. The van der Waals surface area contributed by atoms with Gasteiger partial charge in [-0.25, -0.2) is 4.39 Å². The molecule has 88 valence electrons. The van der Waals surface area contributed by atoms with Crippen LogP contribution in [0.3, 0.4) is 0 Å². The molecule has 1 aromatic rings. The van der Waals surface area contributed by atoms with E-state index >= 15 is 0 Å². The lowest BCUT2D eigenvalue weighted by Gasteiger charge is -2.26. The third kappa shape index (κ3) is 2.16. The van der Waals surface area contributed by atoms with Crippen LogP contribution in [0, 0.1) is 19.7 Å². The molecule has 1 heterocycles. The van der Waals surface area contributed by atoms with Crippen molar-refractivity contribution >= 4 is 15.9 Å². The molecule has 0 bridgehead atoms. The van der Waals surface area contributed by atoms with Gasteiger partial charge in [0, 0.05) is 4.47 Å². The average Bonchev–Trinajstić information content (AvgIpc) is 2.28. The molecular formula is C13H17BrFN. The van der Waals surface area contributed by atoms with Gasteiger partial charge in [0.2, 0.25) is 0 Å². The van der Waals surface area contributed by atoms with Crippen molar-refractivity contribution in [1.82, 2.24) is 5.32 Å². The van der Waals surface area contributed by atoms with Crippen LogP contribution in [-0.2, 0) is 0 Å². The zero-order valence-electron chi connectivity index (χ0n) is 9.74. The van der Waals surface area contributed by atoms with E-state index in [4.69, 9.17) is 0 Å². The second kappa shape index (κ2) is 4.84. The topological polar surface area (TPSA) is 12.0 Å². The molecule has 0 atom stereocenters. The maximum Gasteiger partial charge on any atom is 0.129 e. The number of hydrogen-bond acceptors (Lipinski definition) is 1. The van der Waals surface area contributed by atoms with E-state index in [9.17, 15) is 4.39 Å². The Morgan fingerprint density at radius 2 is 1.94 bits per heavy atom. The second-order valence-electron chi connectivity index (χ2n) is 4.55. The molecule has 1 nitrogen and oxygen atoms in total. The summed E-state index contributed by atoms with van der Waals surface area (Å²) in [6, 6.07) is 1.87. The normalized spacial score (nSPS) is 17.8. The molecule has 1 aromatic carbocycles. The highest BCUT2D eigenvalue weighted by Gasteiger charge is 2.22. The standard InChI is InChI=1S/C13H17BrFN/c1-8-7-11(14)9(2)12(13(8)15)10-3-5-16-6-4-10/h7,10,16H,3-6H2,1-2H3. The van der Waals surface area contributed by atoms with Gasteiger partial charge >= 0.3 is 0 Å². The van der Waals surface area contributed by atoms with Crippen molar-refractivity contribution in [1.29, 1.82) is 0 Å². The minimum absolute atomic E-state index is 0.00685. The van der Waals surface area contributed by atoms with Gasteiger partial charge in [-0.3, -0.25) is 0 Å². The second-order valence-corrected chi connectivity index (χ2v) is 5.41. The van der Waals surface area contributed by atoms with Crippen LogP contribution < -0.4 is 5.32 Å². The first-order valence-electron chi connectivity index (χ1n) is 5.77. The lowest BCUT2D eigenvalue weighted by atomic mass is 9.86. The smallest absolute Gasteiger partial charge is 0.129 e. The van der Waals surface area contributed by atoms with Gasteiger partial charge in [-0.15, -0.1) is 0 Å². The van der Waals surface area contributed by atoms with E-state index in [0.717, 1.165) is 47.1 Å². The summed E-state index contributed by atoms with van der Waals surface area (Å²) in [5.41, 5.74) is 2.73. The highest BCUT2D eigenvalue weighted by Crippen LogP contribution is 2.35. The molecule has 0 aromatic heterocycles. The first kappa shape index (κ1) is 12.1. The van der Waals surface area contributed by atoms with Gasteiger partial charge in [0.05, 0.1) is 0 Å². The summed E-state index contributed by atoms with van der Waals surface area (Å²) in [6.45, 7) is 5.83. The van der Waals surface area contributed by atoms with E-state index in [1.807, 2.05) is 19.9 Å². The summed E-state index contributed by atoms with van der Waals surface area (Å²) in [7, 11) is 0. The van der Waals surface area contributed by atoms with Gasteiger partial charge in [0.15, 0.2) is 0 Å². The summed E-state index contributed by atoms with van der Waals surface area (Å²) >= 11 is 3.52. The Hall–Kier alpha value is -0.410. The summed E-state index contributed by atoms with van der Waals surface area (Å²) in [6.07, 6.45) is 2.07. The number of rotatable bonds is 1. The highest BCUT2D eigenvalue weighted by molar-refractivity contribution is 9.10. The number of halogens is 2. The molecular weight excluding hydrogens is 269 g/mol. The predicted octanol–water partition coefficient (Wildman–Crippen LogP) is 3.67. The summed E-state index contributed by atoms with van der Waals surface area (Å²) in [5.74, 6) is 0.366. The predicted molar refractivity (Wildman–Crippen MR) is 68.4 cm³/mol. The molecule has 3 heteroatoms. The molecule has 1 aliphatic rings. The van der Waals surface area contributed by atoms with Crippen molar-refractivity contribution in [3.8, 4) is 0 Å². The van der Waals surface area contributed by atoms with Gasteiger partial charge in [-0.1, -0.05) is 15.9 Å². The van der Waals surface area contributed by atoms with E-state index in [0.29, 0.717) is 5.92 Å². The molecule has 1 aliphatic heterocycles. The van der Waals surface area contributed by atoms with Gasteiger partial charge in [-0.2, -0.15) is 0 Å². The fourth-order valence-electron chi connectivity index (χ4n) is 2.46. The molecule has 0 radical (unpaired) electrons. The Labute approximate surface area is 105 Å². The lowest BCUT2D eigenvalue weighted by Crippen LogP contribution is -2.27. The molecule has 2 rings (SSSR count). The van der Waals surface area contributed by atoms with Crippen LogP contribution in [0.1, 0.15) is 35.4 Å². The third-order valence-corrected chi connectivity index (χ3v) is 4.26. The Bertz CT molecular complexity index is 371. The Morgan fingerprint density at radius 3 is 2.56 bits per heavy atom. The van der Waals surface area contributed by atoms with Crippen LogP contribution in [0.4, 0.5) is 4.39 Å². The number of hydrogen-bond donors (Lipinski definition) is 1. The van der Waals surface area contributed by atoms with E-state index in [1.54, 1.807) is 0 Å². The van der Waals surface area contributed by atoms with Crippen LogP contribution >= 0.6 is 15.9 Å². The molecule has 0 spiro atoms. The fraction of sp³-hybridized carbons (Fsp3) is 0.538. The molecule has 0 amide bonds. The maximum atomic E-state index is 14.2. The van der Waals surface area contributed by atoms with Crippen molar-refractivity contribution in [2.45, 2.75) is 32.6 Å². The van der Waals surface area contributed by atoms with Gasteiger partial charge in [0.1, 0.15) is 5.82 Å². The van der Waals surface area contributed by atoms with Crippen molar-refractivity contribution in [3.63, 3.8) is 0 Å². The number of nitrogens with one attached hydrogen (secondary N) is 1. The van der Waals surface area contributed by atoms with Crippen LogP contribution in [0.25, 0.3) is 0 Å². The molecule has 1 saturated heterocycles. The zero-order chi connectivity index (χ0) is 11.7. The first-order chi connectivity index (χ1) is 7.61. The third-order valence-electron chi connectivity index (χ3n) is 3.44. The lowest BCUT2D eigenvalue weighted by molar-refractivity contribution is 0.442. The minimum atomic E-state index is -0.00685. The van der Waals surface area contributed by atoms with Crippen LogP contribution in [0.15, 0.2) is 10.5 Å². The molecule has 0 unspecified atom stereocenters. The highest BCUT2D eigenvalue weighted by atomic mass is 79.9. The molecule has 0 saturated carbocycles. The van der Waals surface area contributed by atoms with Gasteiger partial charge in [0.25, 0.3) is 0 Å². The fourth-order valence-corrected chi connectivity index (χ4v) is 3.02. The van der Waals surface area contributed by atoms with Crippen LogP contribution in [0.2, 0.25) is 0 Å². The van der Waals surface area contributed by atoms with Gasteiger partial charge in [-0.05, 0) is 68.5 Å². The summed E-state index contributed by atoms with van der Waals surface area (Å²) in [5, 5.41) is 3.32. The van der Waals surface area contributed by atoms with Crippen LogP contribution in [0.5, 0.6) is 0 Å². The van der Waals surface area contributed by atoms with E-state index in [2.05, 4.69) is 21.2 Å². The molecule has 16 heavy (non-hydrogen) atoms. The van der Waals surface area contributed by atoms with Crippen molar-refractivity contribution in [3.05, 3.63) is 33.0 Å². The van der Waals surface area contributed by atoms with Crippen molar-refractivity contribution in [2.75, 3.05) is 13.1 Å². The molecule has 1 fully saturated rings. The van der Waals surface area contributed by atoms with E-state index < -0.39 is 0 Å². The van der Waals surface area contributed by atoms with E-state index in [-0.39, 0.29) is 5.82 Å². The number of benzene rings is 1. The zero-order valence-corrected chi connectivity index (χ0v) is 11.3. The summed E-state index contributed by atoms with van der Waals surface area (Å²) in [4.78, 5) is 0. The van der Waals surface area contributed by atoms with Crippen molar-refractivity contribution in [2.24, 2.45) is 0 Å². The molecule has 0 aliphatic carbocycles. The largest absolute Gasteiger partial charge is 0.317 e. The average molecular weight is 286 g/mol. The quantitative estimate of drug-likeness (QED) is 0.830. The van der Waals surface area contributed by atoms with E-state index in [1.165, 1.54) is 0 Å². The summed E-state index contributed by atoms with van der Waals surface area (Å²) < 4.78 is 15.2. The van der Waals surface area contributed by atoms with Crippen LogP contribution in [-0.4, -0.2) is 13.1 Å². The number of piperidine rings is 1.